The van der Waals surface area contributed by atoms with Crippen LogP contribution in [0.1, 0.15) is 11.4 Å². The number of nitrogens with one attached hydrogen (secondary N) is 2. The number of hydrogen-bond acceptors (Lipinski definition) is 4. The lowest BCUT2D eigenvalue weighted by atomic mass is 10.2. The largest absolute Gasteiger partial charge is 0.389 e. The minimum atomic E-state index is -3.78. The Morgan fingerprint density at radius 3 is 2.85 bits per heavy atom. The van der Waals surface area contributed by atoms with Crippen LogP contribution in [-0.4, -0.2) is 23.4 Å². The van der Waals surface area contributed by atoms with Crippen molar-refractivity contribution in [1.29, 1.82) is 0 Å². The maximum absolute atomic E-state index is 12.2. The number of aromatic nitrogens is 2. The van der Waals surface area contributed by atoms with Gasteiger partial charge in [-0.15, -0.1) is 0 Å². The monoisotopic (exact) mass is 330 g/mol. The summed E-state index contributed by atoms with van der Waals surface area (Å²) in [4.78, 5) is 6.75. The van der Waals surface area contributed by atoms with Crippen molar-refractivity contribution in [2.75, 3.05) is 0 Å². The molecule has 1 aromatic heterocycles. The number of thiocarbonyl (C=S) groups is 1. The third-order valence-corrected chi connectivity index (χ3v) is 4.61. The Labute approximate surface area is 126 Å². The maximum atomic E-state index is 12.2. The topological polar surface area (TPSA) is 101 Å². The summed E-state index contributed by atoms with van der Waals surface area (Å²) in [5.41, 5.74) is 5.92. The number of imidazole rings is 1. The molecule has 0 aliphatic rings. The molecule has 20 heavy (non-hydrogen) atoms. The third kappa shape index (κ3) is 3.34. The van der Waals surface area contributed by atoms with E-state index in [4.69, 9.17) is 29.6 Å². The third-order valence-electron chi connectivity index (χ3n) is 2.49. The summed E-state index contributed by atoms with van der Waals surface area (Å²) in [6, 6.07) is 4.35. The van der Waals surface area contributed by atoms with Crippen LogP contribution >= 0.6 is 23.8 Å². The van der Waals surface area contributed by atoms with Gasteiger partial charge in [0.25, 0.3) is 0 Å². The van der Waals surface area contributed by atoms with E-state index in [1.165, 1.54) is 18.3 Å². The van der Waals surface area contributed by atoms with Gasteiger partial charge in [0.1, 0.15) is 15.7 Å². The number of nitrogens with two attached hydrogens (primary N) is 1. The van der Waals surface area contributed by atoms with E-state index in [0.29, 0.717) is 11.4 Å². The van der Waals surface area contributed by atoms with Crippen molar-refractivity contribution in [3.05, 3.63) is 47.0 Å². The molecule has 0 amide bonds. The lowest BCUT2D eigenvalue weighted by Gasteiger charge is -2.09. The van der Waals surface area contributed by atoms with Crippen molar-refractivity contribution < 1.29 is 8.42 Å². The van der Waals surface area contributed by atoms with Gasteiger partial charge in [0, 0.05) is 18.0 Å². The first-order valence-corrected chi connectivity index (χ1v) is 7.74. The predicted molar refractivity (Wildman–Crippen MR) is 80.0 cm³/mol. The first-order valence-electron chi connectivity index (χ1n) is 5.47. The van der Waals surface area contributed by atoms with Crippen LogP contribution in [0.15, 0.2) is 35.5 Å². The highest BCUT2D eigenvalue weighted by Crippen LogP contribution is 2.22. The molecule has 0 unspecified atom stereocenters. The highest BCUT2D eigenvalue weighted by Gasteiger charge is 2.19. The molecule has 0 radical (unpaired) electrons. The molecule has 0 saturated heterocycles. The summed E-state index contributed by atoms with van der Waals surface area (Å²) < 4.78 is 26.8. The van der Waals surface area contributed by atoms with Gasteiger partial charge in [0.15, 0.2) is 0 Å². The number of nitrogens with zero attached hydrogens (tertiary/aromatic N) is 1. The lowest BCUT2D eigenvalue weighted by molar-refractivity contribution is 0.579. The fourth-order valence-electron chi connectivity index (χ4n) is 1.50. The van der Waals surface area contributed by atoms with Gasteiger partial charge in [-0.2, -0.15) is 0 Å². The van der Waals surface area contributed by atoms with Gasteiger partial charge in [-0.1, -0.05) is 29.9 Å². The Morgan fingerprint density at radius 2 is 2.25 bits per heavy atom. The fraction of sp³-hybridized carbons (Fsp3) is 0.0909. The number of hydrogen-bond donors (Lipinski definition) is 3. The van der Waals surface area contributed by atoms with Crippen molar-refractivity contribution in [3.63, 3.8) is 0 Å². The molecular weight excluding hydrogens is 320 g/mol. The average Bonchev–Trinajstić information content (AvgIpc) is 2.89. The van der Waals surface area contributed by atoms with Crippen molar-refractivity contribution in [2.45, 2.75) is 11.4 Å². The van der Waals surface area contributed by atoms with E-state index < -0.39 is 10.0 Å². The number of rotatable bonds is 5. The number of halogens is 1. The zero-order chi connectivity index (χ0) is 14.8. The fourth-order valence-corrected chi connectivity index (χ4v) is 3.14. The quantitative estimate of drug-likeness (QED) is 0.715. The summed E-state index contributed by atoms with van der Waals surface area (Å²) in [6.07, 6.45) is 3.13. The number of aromatic amines is 1. The SMILES string of the molecule is NC(=S)c1ccc(Cl)c(S(=O)(=O)NCc2ncc[nH]2)c1. The summed E-state index contributed by atoms with van der Waals surface area (Å²) >= 11 is 10.7. The first kappa shape index (κ1) is 14.9. The second kappa shape index (κ2) is 5.88. The van der Waals surface area contributed by atoms with E-state index in [1.807, 2.05) is 0 Å². The van der Waals surface area contributed by atoms with Crippen LogP contribution in [0.4, 0.5) is 0 Å². The molecule has 0 bridgehead atoms. The van der Waals surface area contributed by atoms with Crippen LogP contribution < -0.4 is 10.5 Å². The molecule has 0 spiro atoms. The molecule has 106 valence electrons. The second-order valence-corrected chi connectivity index (χ2v) is 6.45. The van der Waals surface area contributed by atoms with E-state index in [2.05, 4.69) is 14.7 Å². The molecule has 1 heterocycles. The zero-order valence-electron chi connectivity index (χ0n) is 10.1. The number of sulfonamides is 1. The molecule has 6 nitrogen and oxygen atoms in total. The molecule has 1 aromatic carbocycles. The molecule has 0 fully saturated rings. The zero-order valence-corrected chi connectivity index (χ0v) is 12.5. The van der Waals surface area contributed by atoms with Gasteiger partial charge < -0.3 is 10.7 Å². The van der Waals surface area contributed by atoms with Crippen LogP contribution in [-0.2, 0) is 16.6 Å². The van der Waals surface area contributed by atoms with Gasteiger partial charge in [0.05, 0.1) is 11.6 Å². The van der Waals surface area contributed by atoms with Crippen LogP contribution in [0.3, 0.4) is 0 Å². The number of H-pyrrole nitrogens is 1. The highest BCUT2D eigenvalue weighted by molar-refractivity contribution is 7.89. The maximum Gasteiger partial charge on any atom is 0.242 e. The van der Waals surface area contributed by atoms with E-state index >= 15 is 0 Å². The molecular formula is C11H11ClN4O2S2. The second-order valence-electron chi connectivity index (χ2n) is 3.87. The van der Waals surface area contributed by atoms with Gasteiger partial charge in [-0.25, -0.2) is 18.1 Å². The standard InChI is InChI=1S/C11H11ClN4O2S2/c12-8-2-1-7(11(13)19)5-9(8)20(17,18)16-6-10-14-3-4-15-10/h1-5,16H,6H2,(H2,13,19)(H,14,15). The molecule has 0 saturated carbocycles. The van der Waals surface area contributed by atoms with Crippen molar-refractivity contribution >= 4 is 38.8 Å². The first-order chi connectivity index (χ1) is 9.40. The van der Waals surface area contributed by atoms with Crippen LogP contribution in [0.2, 0.25) is 5.02 Å². The molecule has 9 heteroatoms. The number of benzene rings is 1. The Bertz CT molecular complexity index is 729. The van der Waals surface area contributed by atoms with E-state index in [9.17, 15) is 8.42 Å². The Balaban J connectivity index is 2.28. The van der Waals surface area contributed by atoms with Crippen LogP contribution in [0, 0.1) is 0 Å². The minimum Gasteiger partial charge on any atom is -0.389 e. The van der Waals surface area contributed by atoms with Crippen molar-refractivity contribution in [2.24, 2.45) is 5.73 Å². The van der Waals surface area contributed by atoms with Crippen molar-refractivity contribution in [3.8, 4) is 0 Å². The van der Waals surface area contributed by atoms with Gasteiger partial charge in [0.2, 0.25) is 10.0 Å². The van der Waals surface area contributed by atoms with E-state index in [0.717, 1.165) is 0 Å². The molecule has 2 rings (SSSR count). The van der Waals surface area contributed by atoms with E-state index in [-0.39, 0.29) is 21.5 Å². The molecule has 0 atom stereocenters. The van der Waals surface area contributed by atoms with E-state index in [1.54, 1.807) is 12.3 Å². The molecule has 4 N–H and O–H groups in total. The smallest absolute Gasteiger partial charge is 0.242 e. The van der Waals surface area contributed by atoms with Gasteiger partial charge in [-0.05, 0) is 12.1 Å². The van der Waals surface area contributed by atoms with Crippen molar-refractivity contribution in [1.82, 2.24) is 14.7 Å². The average molecular weight is 331 g/mol. The van der Waals surface area contributed by atoms with Gasteiger partial charge >= 0.3 is 0 Å². The summed E-state index contributed by atoms with van der Waals surface area (Å²) in [5.74, 6) is 0.496. The highest BCUT2D eigenvalue weighted by atomic mass is 35.5. The van der Waals surface area contributed by atoms with Crippen LogP contribution in [0.25, 0.3) is 0 Å². The Hall–Kier alpha value is -1.48. The summed E-state index contributed by atoms with van der Waals surface area (Å²) in [7, 11) is -3.78. The van der Waals surface area contributed by atoms with Gasteiger partial charge in [-0.3, -0.25) is 0 Å². The Morgan fingerprint density at radius 1 is 1.50 bits per heavy atom. The minimum absolute atomic E-state index is 0.0307. The molecule has 2 aromatic rings. The predicted octanol–water partition coefficient (Wildman–Crippen LogP) is 1.18. The molecule has 0 aliphatic carbocycles. The molecule has 0 aliphatic heterocycles. The van der Waals surface area contributed by atoms with Crippen LogP contribution in [0.5, 0.6) is 0 Å². The normalized spacial score (nSPS) is 11.4. The summed E-state index contributed by atoms with van der Waals surface area (Å²) in [5, 5.41) is 0.0944. The Kier molecular flexibility index (Phi) is 4.39. The summed E-state index contributed by atoms with van der Waals surface area (Å²) in [6.45, 7) is 0.0307. The lowest BCUT2D eigenvalue weighted by Crippen LogP contribution is -2.24.